The number of hydrogen-bond acceptors (Lipinski definition) is 7. The number of carboxylic acid groups (broad SMARTS) is 1. The molecule has 46 heavy (non-hydrogen) atoms. The van der Waals surface area contributed by atoms with Crippen molar-refractivity contribution in [2.45, 2.75) is 51.0 Å². The summed E-state index contributed by atoms with van der Waals surface area (Å²) in [6.45, 7) is 1.08. The summed E-state index contributed by atoms with van der Waals surface area (Å²) < 4.78 is 12.0. The molecular formula is C37H40N2O7. The number of carboxylic acids is 1. The van der Waals surface area contributed by atoms with Crippen LogP contribution in [0.25, 0.3) is 22.4 Å². The zero-order valence-corrected chi connectivity index (χ0v) is 26.1. The normalized spacial score (nSPS) is 22.9. The zero-order valence-electron chi connectivity index (χ0n) is 26.1. The van der Waals surface area contributed by atoms with Crippen molar-refractivity contribution in [2.24, 2.45) is 17.8 Å². The molecule has 9 heteroatoms. The maximum atomic E-state index is 13.7. The van der Waals surface area contributed by atoms with Gasteiger partial charge in [0.05, 0.1) is 36.8 Å². The van der Waals surface area contributed by atoms with Crippen molar-refractivity contribution in [3.8, 4) is 5.75 Å². The van der Waals surface area contributed by atoms with Gasteiger partial charge in [-0.05, 0) is 84.0 Å². The minimum absolute atomic E-state index is 0.0877. The number of pyridine rings is 1. The molecule has 0 bridgehead atoms. The molecule has 2 N–H and O–H groups in total. The molecule has 1 aromatic heterocycles. The number of imide groups is 1. The second-order valence-electron chi connectivity index (χ2n) is 12.4. The van der Waals surface area contributed by atoms with E-state index in [0.29, 0.717) is 58.3 Å². The van der Waals surface area contributed by atoms with E-state index in [2.05, 4.69) is 11.1 Å². The van der Waals surface area contributed by atoms with Crippen LogP contribution < -0.4 is 0 Å². The molecule has 3 heterocycles. The molecule has 0 saturated carbocycles. The lowest BCUT2D eigenvalue weighted by atomic mass is 9.69. The van der Waals surface area contributed by atoms with E-state index >= 15 is 0 Å². The van der Waals surface area contributed by atoms with Gasteiger partial charge in [0, 0.05) is 37.6 Å². The van der Waals surface area contributed by atoms with Gasteiger partial charge in [-0.1, -0.05) is 42.8 Å². The lowest BCUT2D eigenvalue weighted by Gasteiger charge is -2.31. The number of phenols is 1. The van der Waals surface area contributed by atoms with Crippen molar-refractivity contribution < 1.29 is 34.1 Å². The second-order valence-corrected chi connectivity index (χ2v) is 12.4. The molecule has 0 radical (unpaired) electrons. The van der Waals surface area contributed by atoms with Gasteiger partial charge in [0.15, 0.2) is 0 Å². The van der Waals surface area contributed by atoms with Crippen LogP contribution in [-0.4, -0.2) is 70.9 Å². The molecule has 0 spiro atoms. The first-order valence-corrected chi connectivity index (χ1v) is 16.1. The van der Waals surface area contributed by atoms with Gasteiger partial charge in [0.2, 0.25) is 11.8 Å². The molecular weight excluding hydrogens is 584 g/mol. The summed E-state index contributed by atoms with van der Waals surface area (Å²) in [5, 5.41) is 21.1. The Balaban J connectivity index is 1.23. The number of allylic oxidation sites excluding steroid dienone is 1. The summed E-state index contributed by atoms with van der Waals surface area (Å²) in [5.74, 6) is -1.90. The van der Waals surface area contributed by atoms with E-state index in [1.165, 1.54) is 4.90 Å². The summed E-state index contributed by atoms with van der Waals surface area (Å²) >= 11 is 0. The number of hydrogen-bond donors (Lipinski definition) is 2. The van der Waals surface area contributed by atoms with E-state index in [9.17, 15) is 19.5 Å². The Morgan fingerprint density at radius 1 is 1.00 bits per heavy atom. The minimum atomic E-state index is -0.837. The maximum Gasteiger partial charge on any atom is 0.303 e. The number of carbonyl (C=O) groups is 3. The molecule has 6 rings (SSSR count). The van der Waals surface area contributed by atoms with Crippen LogP contribution in [-0.2, 0) is 23.9 Å². The Labute approximate surface area is 268 Å². The van der Waals surface area contributed by atoms with E-state index in [0.717, 1.165) is 38.7 Å². The highest BCUT2D eigenvalue weighted by atomic mass is 16.5. The SMILES string of the molecule is COCC1=C2[C@@H](CC/C(=C/c3ccc(O)c4ccccc34)c3ccccn3)OC[C@@H]2[C@@H]2C(=O)N(CCCCCC(=O)O)C(=O)[C@@H]2C1. The number of aromatic nitrogens is 1. The van der Waals surface area contributed by atoms with Crippen LogP contribution in [0.2, 0.25) is 0 Å². The van der Waals surface area contributed by atoms with Crippen LogP contribution in [0.3, 0.4) is 0 Å². The number of ether oxygens (including phenoxy) is 2. The zero-order chi connectivity index (χ0) is 32.2. The number of methoxy groups -OCH3 is 1. The Kier molecular flexibility index (Phi) is 9.61. The number of amides is 2. The van der Waals surface area contributed by atoms with E-state index in [1.807, 2.05) is 48.5 Å². The molecule has 240 valence electrons. The van der Waals surface area contributed by atoms with Crippen LogP contribution in [0.5, 0.6) is 5.75 Å². The van der Waals surface area contributed by atoms with Gasteiger partial charge < -0.3 is 19.7 Å². The molecule has 9 nitrogen and oxygen atoms in total. The molecule has 3 aliphatic rings. The molecule has 2 fully saturated rings. The highest BCUT2D eigenvalue weighted by molar-refractivity contribution is 6.06. The number of unbranched alkanes of at least 4 members (excludes halogenated alkanes) is 2. The van der Waals surface area contributed by atoms with E-state index < -0.39 is 17.8 Å². The topological polar surface area (TPSA) is 126 Å². The number of likely N-dealkylation sites (tertiary alicyclic amines) is 1. The van der Waals surface area contributed by atoms with Crippen molar-refractivity contribution in [3.05, 3.63) is 83.2 Å². The number of carbonyl (C=O) groups excluding carboxylic acids is 2. The summed E-state index contributed by atoms with van der Waals surface area (Å²) in [6.07, 6.45) is 7.37. The molecule has 1 aliphatic carbocycles. The third-order valence-corrected chi connectivity index (χ3v) is 9.62. The van der Waals surface area contributed by atoms with Gasteiger partial charge >= 0.3 is 5.97 Å². The third kappa shape index (κ3) is 6.34. The number of rotatable bonds is 13. The number of aliphatic carboxylic acids is 1. The number of nitrogens with zero attached hydrogens (tertiary/aromatic N) is 2. The highest BCUT2D eigenvalue weighted by Crippen LogP contribution is 2.50. The smallest absolute Gasteiger partial charge is 0.303 e. The predicted octanol–water partition coefficient (Wildman–Crippen LogP) is 5.87. The fourth-order valence-corrected chi connectivity index (χ4v) is 7.52. The number of phenolic OH excluding ortho intramolecular Hbond substituents is 1. The van der Waals surface area contributed by atoms with E-state index in [-0.39, 0.29) is 36.0 Å². The van der Waals surface area contributed by atoms with Gasteiger partial charge in [-0.25, -0.2) is 0 Å². The van der Waals surface area contributed by atoms with Crippen molar-refractivity contribution in [1.29, 1.82) is 0 Å². The minimum Gasteiger partial charge on any atom is -0.507 e. The van der Waals surface area contributed by atoms with Crippen LogP contribution in [0.15, 0.2) is 71.9 Å². The Bertz CT molecular complexity index is 1680. The first-order chi connectivity index (χ1) is 22.4. The molecule has 4 atom stereocenters. The lowest BCUT2D eigenvalue weighted by molar-refractivity contribution is -0.141. The lowest BCUT2D eigenvalue weighted by Crippen LogP contribution is -2.35. The predicted molar refractivity (Wildman–Crippen MR) is 174 cm³/mol. The molecule has 2 amide bonds. The first kappa shape index (κ1) is 31.6. The third-order valence-electron chi connectivity index (χ3n) is 9.62. The Morgan fingerprint density at radius 3 is 2.57 bits per heavy atom. The largest absolute Gasteiger partial charge is 0.507 e. The molecule has 0 unspecified atom stereocenters. The van der Waals surface area contributed by atoms with Gasteiger partial charge in [0.25, 0.3) is 0 Å². The average Bonchev–Trinajstić information content (AvgIpc) is 3.59. The molecule has 2 aromatic carbocycles. The molecule has 3 aromatic rings. The summed E-state index contributed by atoms with van der Waals surface area (Å²) in [4.78, 5) is 44.1. The van der Waals surface area contributed by atoms with Crippen molar-refractivity contribution >= 4 is 40.2 Å². The monoisotopic (exact) mass is 624 g/mol. The van der Waals surface area contributed by atoms with Crippen LogP contribution in [0.1, 0.15) is 56.2 Å². The average molecular weight is 625 g/mol. The van der Waals surface area contributed by atoms with E-state index in [1.54, 1.807) is 19.4 Å². The Hall–Kier alpha value is -4.34. The highest BCUT2D eigenvalue weighted by Gasteiger charge is 2.56. The summed E-state index contributed by atoms with van der Waals surface area (Å²) in [6, 6.07) is 17.3. The maximum absolute atomic E-state index is 13.7. The van der Waals surface area contributed by atoms with Crippen LogP contribution in [0.4, 0.5) is 0 Å². The Morgan fingerprint density at radius 2 is 1.80 bits per heavy atom. The van der Waals surface area contributed by atoms with E-state index in [4.69, 9.17) is 14.6 Å². The number of fused-ring (bicyclic) bond motifs is 4. The molecule has 2 aliphatic heterocycles. The molecule has 2 saturated heterocycles. The van der Waals surface area contributed by atoms with Gasteiger partial charge in [-0.3, -0.25) is 24.3 Å². The fourth-order valence-electron chi connectivity index (χ4n) is 7.52. The first-order valence-electron chi connectivity index (χ1n) is 16.1. The second kappa shape index (κ2) is 14.0. The van der Waals surface area contributed by atoms with Gasteiger partial charge in [0.1, 0.15) is 5.75 Å². The quantitative estimate of drug-likeness (QED) is 0.137. The summed E-state index contributed by atoms with van der Waals surface area (Å²) in [5.41, 5.74) is 5.03. The van der Waals surface area contributed by atoms with Crippen LogP contribution >= 0.6 is 0 Å². The summed E-state index contributed by atoms with van der Waals surface area (Å²) in [7, 11) is 1.65. The van der Waals surface area contributed by atoms with Crippen molar-refractivity contribution in [3.63, 3.8) is 0 Å². The number of aromatic hydroxyl groups is 1. The number of benzene rings is 2. The van der Waals surface area contributed by atoms with Crippen LogP contribution in [0, 0.1) is 17.8 Å². The standard InChI is InChI=1S/C37H40N2O7/c1-45-21-25-20-28-35(37(44)39(36(28)43)18-8-2-3-12-33(41)42)29-22-46-32(34(25)29)16-14-24(30-11-6-7-17-38-30)19-23-13-15-31(40)27-10-5-4-9-26(23)27/h4-7,9-11,13,15,17,19,28-29,32,35,40H,2-3,8,12,14,16,18,20-22H2,1H3,(H,41,42)/b24-19-/t28-,29+,32-,35-/m1/s1. The van der Waals surface area contributed by atoms with Gasteiger partial charge in [-0.15, -0.1) is 0 Å². The van der Waals surface area contributed by atoms with Crippen molar-refractivity contribution in [2.75, 3.05) is 26.9 Å². The fraction of sp³-hybridized carbons (Fsp3) is 0.405. The van der Waals surface area contributed by atoms with Crippen molar-refractivity contribution in [1.82, 2.24) is 9.88 Å². The van der Waals surface area contributed by atoms with Gasteiger partial charge in [-0.2, -0.15) is 0 Å².